The summed E-state index contributed by atoms with van der Waals surface area (Å²) >= 11 is 0. The van der Waals surface area contributed by atoms with Gasteiger partial charge in [-0.15, -0.1) is 0 Å². The Balaban J connectivity index is 1.85. The molecule has 0 atom stereocenters. The molecule has 0 aromatic heterocycles. The predicted molar refractivity (Wildman–Crippen MR) is 79.1 cm³/mol. The largest absolute Gasteiger partial charge is 0.0836 e. The smallest absolute Gasteiger partial charge is 0.0187 e. The molecule has 0 radical (unpaired) electrons. The molecule has 2 aliphatic carbocycles. The van der Waals surface area contributed by atoms with Crippen molar-refractivity contribution in [2.24, 2.45) is 0 Å². The van der Waals surface area contributed by atoms with Crippen LogP contribution in [0.15, 0.2) is 60.7 Å². The van der Waals surface area contributed by atoms with Gasteiger partial charge in [-0.3, -0.25) is 0 Å². The minimum atomic E-state index is 1.17. The average Bonchev–Trinajstić information content (AvgIpc) is 2.49. The molecule has 0 amide bonds. The summed E-state index contributed by atoms with van der Waals surface area (Å²) in [7, 11) is 0. The van der Waals surface area contributed by atoms with Gasteiger partial charge in [-0.2, -0.15) is 0 Å². The van der Waals surface area contributed by atoms with Crippen LogP contribution >= 0.6 is 0 Å². The lowest BCUT2D eigenvalue weighted by molar-refractivity contribution is 1.04. The Labute approximate surface area is 109 Å². The predicted octanol–water partition coefficient (Wildman–Crippen LogP) is 5.15. The molecule has 0 heterocycles. The Hall–Kier alpha value is -1.82. The molecule has 1 aromatic rings. The lowest BCUT2D eigenvalue weighted by Gasteiger charge is -2.10. The number of benzene rings is 1. The minimum Gasteiger partial charge on any atom is -0.0836 e. The highest BCUT2D eigenvalue weighted by atomic mass is 14.1. The van der Waals surface area contributed by atoms with E-state index in [1.54, 1.807) is 0 Å². The second kappa shape index (κ2) is 5.22. The molecular weight excluding hydrogens is 216 g/mol. The van der Waals surface area contributed by atoms with Crippen LogP contribution in [-0.2, 0) is 0 Å². The summed E-state index contributed by atoms with van der Waals surface area (Å²) in [5, 5.41) is 0. The molecule has 0 nitrogen and oxygen atoms in total. The summed E-state index contributed by atoms with van der Waals surface area (Å²) < 4.78 is 0. The van der Waals surface area contributed by atoms with Crippen LogP contribution in [0, 0.1) is 0 Å². The molecule has 0 aliphatic heterocycles. The lowest BCUT2D eigenvalue weighted by atomic mass is 9.95. The van der Waals surface area contributed by atoms with Gasteiger partial charge < -0.3 is 0 Å². The zero-order valence-electron chi connectivity index (χ0n) is 10.6. The van der Waals surface area contributed by atoms with Crippen LogP contribution in [0.2, 0.25) is 0 Å². The minimum absolute atomic E-state index is 1.17. The van der Waals surface area contributed by atoms with E-state index in [4.69, 9.17) is 0 Å². The Kier molecular flexibility index (Phi) is 3.27. The maximum Gasteiger partial charge on any atom is -0.0187 e. The van der Waals surface area contributed by atoms with Crippen LogP contribution in [0.25, 0.3) is 11.1 Å². The molecule has 3 rings (SSSR count). The fourth-order valence-corrected chi connectivity index (χ4v) is 2.51. The Morgan fingerprint density at radius 3 is 1.33 bits per heavy atom. The topological polar surface area (TPSA) is 0 Å². The van der Waals surface area contributed by atoms with E-state index < -0.39 is 0 Å². The zero-order chi connectivity index (χ0) is 12.2. The van der Waals surface area contributed by atoms with Gasteiger partial charge in [0.05, 0.1) is 0 Å². The van der Waals surface area contributed by atoms with Gasteiger partial charge in [0, 0.05) is 0 Å². The first-order valence-corrected chi connectivity index (χ1v) is 6.78. The van der Waals surface area contributed by atoms with Crippen molar-refractivity contribution in [1.29, 1.82) is 0 Å². The first-order chi connectivity index (χ1) is 8.93. The standard InChI is InChI=1S/C18H18/c1-3-7-15(8-4-1)17-11-13-18(14-12-17)16-9-5-2-6-10-16/h3,5,7-14H,1-2,4,6H2. The van der Waals surface area contributed by atoms with E-state index in [9.17, 15) is 0 Å². The summed E-state index contributed by atoms with van der Waals surface area (Å²) in [6, 6.07) is 8.94. The molecule has 0 bridgehead atoms. The molecular formula is C18H18. The van der Waals surface area contributed by atoms with Crippen molar-refractivity contribution >= 4 is 11.1 Å². The van der Waals surface area contributed by atoms with Crippen molar-refractivity contribution in [3.63, 3.8) is 0 Å². The van der Waals surface area contributed by atoms with Crippen LogP contribution in [0.1, 0.15) is 36.8 Å². The van der Waals surface area contributed by atoms with Gasteiger partial charge in [0.25, 0.3) is 0 Å². The van der Waals surface area contributed by atoms with Crippen molar-refractivity contribution in [2.75, 3.05) is 0 Å². The normalized spacial score (nSPS) is 18.4. The van der Waals surface area contributed by atoms with Crippen molar-refractivity contribution in [1.82, 2.24) is 0 Å². The molecule has 2 aliphatic rings. The van der Waals surface area contributed by atoms with Crippen molar-refractivity contribution in [2.45, 2.75) is 25.7 Å². The Morgan fingerprint density at radius 2 is 1.00 bits per heavy atom. The second-order valence-corrected chi connectivity index (χ2v) is 4.86. The highest BCUT2D eigenvalue weighted by molar-refractivity contribution is 5.78. The van der Waals surface area contributed by atoms with E-state index in [2.05, 4.69) is 60.7 Å². The third-order valence-electron chi connectivity index (χ3n) is 3.54. The summed E-state index contributed by atoms with van der Waals surface area (Å²) in [6.07, 6.45) is 18.3. The quantitative estimate of drug-likeness (QED) is 0.663. The van der Waals surface area contributed by atoms with Crippen LogP contribution < -0.4 is 0 Å². The third-order valence-corrected chi connectivity index (χ3v) is 3.54. The molecule has 0 unspecified atom stereocenters. The van der Waals surface area contributed by atoms with Gasteiger partial charge in [0.15, 0.2) is 0 Å². The molecule has 0 saturated carbocycles. The summed E-state index contributed by atoms with van der Waals surface area (Å²) in [6.45, 7) is 0. The lowest BCUT2D eigenvalue weighted by Crippen LogP contribution is -1.89. The molecule has 0 fully saturated rings. The number of allylic oxidation sites excluding steroid dienone is 8. The van der Waals surface area contributed by atoms with Gasteiger partial charge in [-0.05, 0) is 48.0 Å². The van der Waals surface area contributed by atoms with Gasteiger partial charge >= 0.3 is 0 Å². The average molecular weight is 234 g/mol. The number of rotatable bonds is 2. The SMILES string of the molecule is C1=CC(c2ccc(C3=CCCC=C3)cc2)=CCC1. The van der Waals surface area contributed by atoms with E-state index in [1.165, 1.54) is 48.0 Å². The van der Waals surface area contributed by atoms with E-state index in [0.29, 0.717) is 0 Å². The highest BCUT2D eigenvalue weighted by Crippen LogP contribution is 2.25. The van der Waals surface area contributed by atoms with Crippen LogP contribution in [-0.4, -0.2) is 0 Å². The van der Waals surface area contributed by atoms with Crippen LogP contribution in [0.5, 0.6) is 0 Å². The molecule has 18 heavy (non-hydrogen) atoms. The van der Waals surface area contributed by atoms with E-state index in [-0.39, 0.29) is 0 Å². The first kappa shape index (κ1) is 11.3. The number of hydrogen-bond acceptors (Lipinski definition) is 0. The fourth-order valence-electron chi connectivity index (χ4n) is 2.51. The zero-order valence-corrected chi connectivity index (χ0v) is 10.6. The summed E-state index contributed by atoms with van der Waals surface area (Å²) in [4.78, 5) is 0. The molecule has 90 valence electrons. The van der Waals surface area contributed by atoms with E-state index in [1.807, 2.05) is 0 Å². The summed E-state index contributed by atoms with van der Waals surface area (Å²) in [5.41, 5.74) is 5.38. The fraction of sp³-hybridized carbons (Fsp3) is 0.222. The third kappa shape index (κ3) is 2.38. The highest BCUT2D eigenvalue weighted by Gasteiger charge is 2.04. The Morgan fingerprint density at radius 1 is 0.556 bits per heavy atom. The van der Waals surface area contributed by atoms with Crippen molar-refractivity contribution in [3.05, 3.63) is 71.8 Å². The van der Waals surface area contributed by atoms with Crippen LogP contribution in [0.4, 0.5) is 0 Å². The maximum atomic E-state index is 2.33. The van der Waals surface area contributed by atoms with Gasteiger partial charge in [0.1, 0.15) is 0 Å². The van der Waals surface area contributed by atoms with Gasteiger partial charge in [-0.1, -0.05) is 60.7 Å². The monoisotopic (exact) mass is 234 g/mol. The van der Waals surface area contributed by atoms with Crippen LogP contribution in [0.3, 0.4) is 0 Å². The van der Waals surface area contributed by atoms with E-state index >= 15 is 0 Å². The molecule has 0 N–H and O–H groups in total. The van der Waals surface area contributed by atoms with Crippen molar-refractivity contribution in [3.8, 4) is 0 Å². The molecule has 0 spiro atoms. The summed E-state index contributed by atoms with van der Waals surface area (Å²) in [5.74, 6) is 0. The van der Waals surface area contributed by atoms with Gasteiger partial charge in [-0.25, -0.2) is 0 Å². The molecule has 0 saturated heterocycles. The molecule has 0 heteroatoms. The van der Waals surface area contributed by atoms with Gasteiger partial charge in [0.2, 0.25) is 0 Å². The number of hydrogen-bond donors (Lipinski definition) is 0. The second-order valence-electron chi connectivity index (χ2n) is 4.86. The first-order valence-electron chi connectivity index (χ1n) is 6.78. The van der Waals surface area contributed by atoms with E-state index in [0.717, 1.165) is 0 Å². The maximum absolute atomic E-state index is 2.33. The van der Waals surface area contributed by atoms with Crippen molar-refractivity contribution < 1.29 is 0 Å². The Bertz CT molecular complexity index is 485. The molecule has 1 aromatic carbocycles.